The van der Waals surface area contributed by atoms with E-state index >= 15 is 0 Å². The van der Waals surface area contributed by atoms with Gasteiger partial charge in [0.1, 0.15) is 0 Å². The van der Waals surface area contributed by atoms with Crippen LogP contribution in [0.2, 0.25) is 0 Å². The van der Waals surface area contributed by atoms with Crippen molar-refractivity contribution in [2.24, 2.45) is 5.73 Å². The van der Waals surface area contributed by atoms with Gasteiger partial charge in [0.2, 0.25) is 5.91 Å². The Kier molecular flexibility index (Phi) is 3.55. The monoisotopic (exact) mass is 209 g/mol. The summed E-state index contributed by atoms with van der Waals surface area (Å²) in [5.41, 5.74) is 6.38. The Labute approximate surface area is 88.3 Å². The van der Waals surface area contributed by atoms with E-state index in [2.05, 4.69) is 0 Å². The molecule has 4 nitrogen and oxygen atoms in total. The molecule has 0 fully saturated rings. The maximum Gasteiger partial charge on any atom is 0.221 e. The van der Waals surface area contributed by atoms with Crippen molar-refractivity contribution in [3.05, 3.63) is 23.3 Å². The summed E-state index contributed by atoms with van der Waals surface area (Å²) >= 11 is 0. The van der Waals surface area contributed by atoms with Crippen LogP contribution in [0, 0.1) is 0 Å². The summed E-state index contributed by atoms with van der Waals surface area (Å²) in [4.78, 5) is 10.8. The van der Waals surface area contributed by atoms with Gasteiger partial charge in [0.15, 0.2) is 11.5 Å². The van der Waals surface area contributed by atoms with Crippen LogP contribution in [-0.2, 0) is 17.6 Å². The van der Waals surface area contributed by atoms with Crippen molar-refractivity contribution >= 4 is 5.91 Å². The third-order valence-electron chi connectivity index (χ3n) is 2.22. The van der Waals surface area contributed by atoms with E-state index in [9.17, 15) is 15.0 Å². The summed E-state index contributed by atoms with van der Waals surface area (Å²) in [6, 6.07) is 2.98. The van der Waals surface area contributed by atoms with E-state index in [0.29, 0.717) is 17.5 Å². The van der Waals surface area contributed by atoms with Gasteiger partial charge in [-0.2, -0.15) is 0 Å². The molecule has 1 aromatic rings. The highest BCUT2D eigenvalue weighted by Crippen LogP contribution is 2.32. The van der Waals surface area contributed by atoms with Crippen molar-refractivity contribution in [3.63, 3.8) is 0 Å². The van der Waals surface area contributed by atoms with Crippen molar-refractivity contribution in [3.8, 4) is 11.5 Å². The van der Waals surface area contributed by atoms with E-state index in [1.54, 1.807) is 6.07 Å². The fourth-order valence-electron chi connectivity index (χ4n) is 1.55. The minimum atomic E-state index is -0.447. The number of aromatic hydroxyl groups is 2. The second-order valence-electron chi connectivity index (χ2n) is 3.46. The molecule has 15 heavy (non-hydrogen) atoms. The fraction of sp³-hybridized carbons (Fsp3) is 0.364. The van der Waals surface area contributed by atoms with Gasteiger partial charge in [0.05, 0.1) is 6.42 Å². The Bertz CT molecular complexity index is 374. The van der Waals surface area contributed by atoms with E-state index in [-0.39, 0.29) is 17.9 Å². The van der Waals surface area contributed by atoms with E-state index in [1.165, 1.54) is 6.07 Å². The summed E-state index contributed by atoms with van der Waals surface area (Å²) in [5, 5.41) is 18.9. The number of hydrogen-bond donors (Lipinski definition) is 3. The SMILES string of the molecule is CCCc1c(CC(N)=O)ccc(O)c1O. The number of amides is 1. The van der Waals surface area contributed by atoms with Gasteiger partial charge in [-0.15, -0.1) is 0 Å². The molecule has 0 aliphatic rings. The van der Waals surface area contributed by atoms with Gasteiger partial charge < -0.3 is 15.9 Å². The first-order valence-corrected chi connectivity index (χ1v) is 4.87. The molecular formula is C11H15NO3. The Morgan fingerprint density at radius 3 is 2.60 bits per heavy atom. The summed E-state index contributed by atoms with van der Waals surface area (Å²) in [5.74, 6) is -0.750. The second-order valence-corrected chi connectivity index (χ2v) is 3.46. The molecule has 1 amide bonds. The van der Waals surface area contributed by atoms with Crippen LogP contribution in [0.4, 0.5) is 0 Å². The summed E-state index contributed by atoms with van der Waals surface area (Å²) in [6.45, 7) is 1.96. The van der Waals surface area contributed by atoms with Gasteiger partial charge in [-0.3, -0.25) is 4.79 Å². The molecule has 4 N–H and O–H groups in total. The molecule has 0 radical (unpaired) electrons. The molecular weight excluding hydrogens is 194 g/mol. The van der Waals surface area contributed by atoms with Crippen LogP contribution < -0.4 is 5.73 Å². The van der Waals surface area contributed by atoms with Gasteiger partial charge in [-0.1, -0.05) is 19.4 Å². The number of hydrogen-bond acceptors (Lipinski definition) is 3. The number of primary amides is 1. The average Bonchev–Trinajstić information content (AvgIpc) is 2.17. The highest BCUT2D eigenvalue weighted by molar-refractivity contribution is 5.77. The Morgan fingerprint density at radius 2 is 2.07 bits per heavy atom. The Balaban J connectivity index is 3.14. The van der Waals surface area contributed by atoms with Gasteiger partial charge >= 0.3 is 0 Å². The van der Waals surface area contributed by atoms with E-state index < -0.39 is 5.91 Å². The lowest BCUT2D eigenvalue weighted by Gasteiger charge is -2.10. The predicted octanol–water partition coefficient (Wildman–Crippen LogP) is 1.08. The number of nitrogens with two attached hydrogens (primary N) is 1. The van der Waals surface area contributed by atoms with Crippen molar-refractivity contribution in [2.75, 3.05) is 0 Å². The van der Waals surface area contributed by atoms with Gasteiger partial charge in [-0.25, -0.2) is 0 Å². The van der Waals surface area contributed by atoms with Crippen molar-refractivity contribution in [2.45, 2.75) is 26.2 Å². The molecule has 0 saturated heterocycles. The highest BCUT2D eigenvalue weighted by atomic mass is 16.3. The molecule has 0 spiro atoms. The first kappa shape index (κ1) is 11.4. The van der Waals surface area contributed by atoms with Crippen LogP contribution in [-0.4, -0.2) is 16.1 Å². The zero-order valence-electron chi connectivity index (χ0n) is 8.66. The molecule has 0 aliphatic heterocycles. The van der Waals surface area contributed by atoms with Crippen LogP contribution >= 0.6 is 0 Å². The molecule has 0 unspecified atom stereocenters. The van der Waals surface area contributed by atoms with Crippen LogP contribution in [0.1, 0.15) is 24.5 Å². The molecule has 0 heterocycles. The smallest absolute Gasteiger partial charge is 0.221 e. The molecule has 0 aliphatic carbocycles. The number of rotatable bonds is 4. The Morgan fingerprint density at radius 1 is 1.40 bits per heavy atom. The highest BCUT2D eigenvalue weighted by Gasteiger charge is 2.12. The quantitative estimate of drug-likeness (QED) is 0.649. The van der Waals surface area contributed by atoms with Gasteiger partial charge in [0, 0.05) is 5.56 Å². The second kappa shape index (κ2) is 4.68. The molecule has 0 aromatic heterocycles. The number of benzene rings is 1. The largest absolute Gasteiger partial charge is 0.504 e. The van der Waals surface area contributed by atoms with Crippen LogP contribution in [0.5, 0.6) is 11.5 Å². The summed E-state index contributed by atoms with van der Waals surface area (Å²) < 4.78 is 0. The molecule has 82 valence electrons. The van der Waals surface area contributed by atoms with Crippen LogP contribution in [0.15, 0.2) is 12.1 Å². The number of phenolic OH excluding ortho intramolecular Hbond substituents is 2. The summed E-state index contributed by atoms with van der Waals surface area (Å²) in [6.07, 6.45) is 1.52. The minimum absolute atomic E-state index is 0.0865. The number of carbonyl (C=O) groups excluding carboxylic acids is 1. The first-order chi connectivity index (χ1) is 7.06. The molecule has 0 atom stereocenters. The van der Waals surface area contributed by atoms with Crippen LogP contribution in [0.3, 0.4) is 0 Å². The number of phenols is 2. The molecule has 0 saturated carbocycles. The summed E-state index contributed by atoms with van der Waals surface area (Å²) in [7, 11) is 0. The number of carbonyl (C=O) groups is 1. The van der Waals surface area contributed by atoms with Crippen molar-refractivity contribution in [1.82, 2.24) is 0 Å². The average molecular weight is 209 g/mol. The topological polar surface area (TPSA) is 83.6 Å². The van der Waals surface area contributed by atoms with Crippen LogP contribution in [0.25, 0.3) is 0 Å². The molecule has 0 bridgehead atoms. The first-order valence-electron chi connectivity index (χ1n) is 4.87. The Hall–Kier alpha value is -1.71. The fourth-order valence-corrected chi connectivity index (χ4v) is 1.55. The molecule has 1 aromatic carbocycles. The van der Waals surface area contributed by atoms with Gasteiger partial charge in [-0.05, 0) is 18.1 Å². The zero-order valence-corrected chi connectivity index (χ0v) is 8.66. The van der Waals surface area contributed by atoms with Crippen molar-refractivity contribution in [1.29, 1.82) is 0 Å². The predicted molar refractivity (Wildman–Crippen MR) is 56.7 cm³/mol. The van der Waals surface area contributed by atoms with Crippen molar-refractivity contribution < 1.29 is 15.0 Å². The normalized spacial score (nSPS) is 10.2. The third-order valence-corrected chi connectivity index (χ3v) is 2.22. The minimum Gasteiger partial charge on any atom is -0.504 e. The van der Waals surface area contributed by atoms with E-state index in [0.717, 1.165) is 6.42 Å². The van der Waals surface area contributed by atoms with E-state index in [4.69, 9.17) is 5.73 Å². The lowest BCUT2D eigenvalue weighted by Crippen LogP contribution is -2.14. The maximum absolute atomic E-state index is 10.8. The molecule has 4 heteroatoms. The lowest BCUT2D eigenvalue weighted by atomic mass is 9.99. The zero-order chi connectivity index (χ0) is 11.4. The van der Waals surface area contributed by atoms with Gasteiger partial charge in [0.25, 0.3) is 0 Å². The molecule has 1 rings (SSSR count). The standard InChI is InChI=1S/C11H15NO3/c1-2-3-8-7(6-10(12)14)4-5-9(13)11(8)15/h4-5,13,15H,2-3,6H2,1H3,(H2,12,14). The third kappa shape index (κ3) is 2.62. The lowest BCUT2D eigenvalue weighted by molar-refractivity contribution is -0.117. The maximum atomic E-state index is 10.8. The van der Waals surface area contributed by atoms with E-state index in [1.807, 2.05) is 6.92 Å².